The van der Waals surface area contributed by atoms with Crippen LogP contribution in [0.5, 0.6) is 0 Å². The van der Waals surface area contributed by atoms with Gasteiger partial charge in [0.25, 0.3) is 0 Å². The van der Waals surface area contributed by atoms with Crippen LogP contribution < -0.4 is 5.73 Å². The second kappa shape index (κ2) is 5.02. The molecule has 2 aromatic rings. The van der Waals surface area contributed by atoms with E-state index in [1.807, 2.05) is 12.1 Å². The monoisotopic (exact) mass is 254 g/mol. The third-order valence-corrected chi connectivity index (χ3v) is 3.89. The summed E-state index contributed by atoms with van der Waals surface area (Å²) in [5, 5.41) is 2.49. The molecule has 3 heteroatoms. The number of nitrogens with two attached hydrogens (primary N) is 1. The van der Waals surface area contributed by atoms with Gasteiger partial charge in [0.2, 0.25) is 5.91 Å². The Kier molecular flexibility index (Phi) is 3.22. The SMILES string of the molecule is NC(=O)C1CCCN1Cc1ccc2ccccc2c1. The summed E-state index contributed by atoms with van der Waals surface area (Å²) in [6, 6.07) is 14.7. The Morgan fingerprint density at radius 3 is 2.79 bits per heavy atom. The topological polar surface area (TPSA) is 46.3 Å². The highest BCUT2D eigenvalue weighted by molar-refractivity contribution is 5.83. The Labute approximate surface area is 113 Å². The molecule has 1 atom stereocenters. The number of amides is 1. The van der Waals surface area contributed by atoms with E-state index >= 15 is 0 Å². The zero-order valence-electron chi connectivity index (χ0n) is 10.9. The first-order valence-corrected chi connectivity index (χ1v) is 6.75. The van der Waals surface area contributed by atoms with Crippen molar-refractivity contribution in [1.29, 1.82) is 0 Å². The average molecular weight is 254 g/mol. The van der Waals surface area contributed by atoms with Crippen LogP contribution in [0.2, 0.25) is 0 Å². The van der Waals surface area contributed by atoms with E-state index in [0.29, 0.717) is 0 Å². The van der Waals surface area contributed by atoms with Gasteiger partial charge in [-0.2, -0.15) is 0 Å². The maximum Gasteiger partial charge on any atom is 0.234 e. The Bertz CT molecular complexity index is 608. The molecule has 3 rings (SSSR count). The molecule has 3 nitrogen and oxygen atoms in total. The molecule has 0 saturated carbocycles. The number of hydrogen-bond acceptors (Lipinski definition) is 2. The van der Waals surface area contributed by atoms with Gasteiger partial charge in [-0.3, -0.25) is 9.69 Å². The Morgan fingerprint density at radius 1 is 1.21 bits per heavy atom. The first-order valence-electron chi connectivity index (χ1n) is 6.75. The van der Waals surface area contributed by atoms with E-state index in [1.54, 1.807) is 0 Å². The smallest absolute Gasteiger partial charge is 0.234 e. The predicted molar refractivity (Wildman–Crippen MR) is 76.6 cm³/mol. The fourth-order valence-electron chi connectivity index (χ4n) is 2.91. The first-order chi connectivity index (χ1) is 9.24. The van der Waals surface area contributed by atoms with Crippen molar-refractivity contribution in [2.45, 2.75) is 25.4 Å². The summed E-state index contributed by atoms with van der Waals surface area (Å²) < 4.78 is 0. The van der Waals surface area contributed by atoms with Gasteiger partial charge in [0.05, 0.1) is 6.04 Å². The van der Waals surface area contributed by atoms with Gasteiger partial charge in [0.1, 0.15) is 0 Å². The minimum Gasteiger partial charge on any atom is -0.368 e. The Hall–Kier alpha value is -1.87. The molecular weight excluding hydrogens is 236 g/mol. The first kappa shape index (κ1) is 12.2. The molecule has 0 aliphatic carbocycles. The summed E-state index contributed by atoms with van der Waals surface area (Å²) >= 11 is 0. The van der Waals surface area contributed by atoms with Gasteiger partial charge in [0.15, 0.2) is 0 Å². The van der Waals surface area contributed by atoms with Gasteiger partial charge < -0.3 is 5.73 Å². The maximum absolute atomic E-state index is 11.4. The predicted octanol–water partition coefficient (Wildman–Crippen LogP) is 2.29. The van der Waals surface area contributed by atoms with Crippen LogP contribution in [0.1, 0.15) is 18.4 Å². The highest BCUT2D eigenvalue weighted by atomic mass is 16.1. The number of nitrogens with zero attached hydrogens (tertiary/aromatic N) is 1. The second-order valence-corrected chi connectivity index (χ2v) is 5.21. The Morgan fingerprint density at radius 2 is 2.00 bits per heavy atom. The van der Waals surface area contributed by atoms with Gasteiger partial charge in [-0.25, -0.2) is 0 Å². The van der Waals surface area contributed by atoms with Crippen LogP contribution in [-0.2, 0) is 11.3 Å². The number of rotatable bonds is 3. The van der Waals surface area contributed by atoms with Gasteiger partial charge in [-0.05, 0) is 41.8 Å². The molecule has 98 valence electrons. The molecule has 1 aliphatic heterocycles. The minimum absolute atomic E-state index is 0.0912. The summed E-state index contributed by atoms with van der Waals surface area (Å²) in [6.07, 6.45) is 1.95. The molecule has 1 fully saturated rings. The quantitative estimate of drug-likeness (QED) is 0.913. The fraction of sp³-hybridized carbons (Fsp3) is 0.312. The van der Waals surface area contributed by atoms with E-state index in [0.717, 1.165) is 25.9 Å². The van der Waals surface area contributed by atoms with Crippen LogP contribution >= 0.6 is 0 Å². The van der Waals surface area contributed by atoms with Crippen LogP contribution in [-0.4, -0.2) is 23.4 Å². The number of primary amides is 1. The number of benzene rings is 2. The summed E-state index contributed by atoms with van der Waals surface area (Å²) in [5.74, 6) is -0.196. The molecule has 1 heterocycles. The Balaban J connectivity index is 1.83. The van der Waals surface area contributed by atoms with Crippen LogP contribution in [0, 0.1) is 0 Å². The maximum atomic E-state index is 11.4. The van der Waals surface area contributed by atoms with Crippen LogP contribution in [0.15, 0.2) is 42.5 Å². The van der Waals surface area contributed by atoms with Crippen molar-refractivity contribution in [2.75, 3.05) is 6.54 Å². The zero-order chi connectivity index (χ0) is 13.2. The highest BCUT2D eigenvalue weighted by Crippen LogP contribution is 2.22. The standard InChI is InChI=1S/C16H18N2O/c17-16(19)15-6-3-9-18(15)11-12-7-8-13-4-1-2-5-14(13)10-12/h1-2,4-5,7-8,10,15H,3,6,9,11H2,(H2,17,19). The molecule has 2 aromatic carbocycles. The lowest BCUT2D eigenvalue weighted by atomic mass is 10.1. The van der Waals surface area contributed by atoms with E-state index in [9.17, 15) is 4.79 Å². The molecule has 0 aromatic heterocycles. The number of likely N-dealkylation sites (tertiary alicyclic amines) is 1. The van der Waals surface area contributed by atoms with Gasteiger partial charge >= 0.3 is 0 Å². The third-order valence-electron chi connectivity index (χ3n) is 3.89. The van der Waals surface area contributed by atoms with Crippen molar-refractivity contribution in [3.8, 4) is 0 Å². The number of carbonyl (C=O) groups is 1. The van der Waals surface area contributed by atoms with Crippen molar-refractivity contribution in [3.05, 3.63) is 48.0 Å². The molecule has 1 aliphatic rings. The zero-order valence-corrected chi connectivity index (χ0v) is 10.9. The summed E-state index contributed by atoms with van der Waals surface area (Å²) in [4.78, 5) is 13.6. The van der Waals surface area contributed by atoms with E-state index in [1.165, 1.54) is 16.3 Å². The van der Waals surface area contributed by atoms with E-state index in [-0.39, 0.29) is 11.9 Å². The van der Waals surface area contributed by atoms with Crippen molar-refractivity contribution < 1.29 is 4.79 Å². The molecule has 0 spiro atoms. The van der Waals surface area contributed by atoms with Gasteiger partial charge in [0, 0.05) is 6.54 Å². The lowest BCUT2D eigenvalue weighted by molar-refractivity contribution is -0.122. The number of hydrogen-bond donors (Lipinski definition) is 1. The summed E-state index contributed by atoms with van der Waals surface area (Å²) in [6.45, 7) is 1.76. The van der Waals surface area contributed by atoms with Crippen molar-refractivity contribution in [3.63, 3.8) is 0 Å². The summed E-state index contributed by atoms with van der Waals surface area (Å²) in [7, 11) is 0. The molecule has 1 saturated heterocycles. The third kappa shape index (κ3) is 2.47. The average Bonchev–Trinajstić information content (AvgIpc) is 2.87. The number of fused-ring (bicyclic) bond motifs is 1. The van der Waals surface area contributed by atoms with Crippen LogP contribution in [0.25, 0.3) is 10.8 Å². The van der Waals surface area contributed by atoms with Crippen molar-refractivity contribution >= 4 is 16.7 Å². The van der Waals surface area contributed by atoms with Crippen LogP contribution in [0.3, 0.4) is 0 Å². The molecule has 1 amide bonds. The van der Waals surface area contributed by atoms with Gasteiger partial charge in [-0.15, -0.1) is 0 Å². The van der Waals surface area contributed by atoms with Crippen molar-refractivity contribution in [1.82, 2.24) is 4.90 Å². The van der Waals surface area contributed by atoms with Crippen molar-refractivity contribution in [2.24, 2.45) is 5.73 Å². The van der Waals surface area contributed by atoms with Gasteiger partial charge in [-0.1, -0.05) is 36.4 Å². The molecule has 0 bridgehead atoms. The number of carbonyl (C=O) groups excluding carboxylic acids is 1. The lowest BCUT2D eigenvalue weighted by Gasteiger charge is -2.21. The second-order valence-electron chi connectivity index (χ2n) is 5.21. The van der Waals surface area contributed by atoms with E-state index in [4.69, 9.17) is 5.73 Å². The molecule has 19 heavy (non-hydrogen) atoms. The molecule has 1 unspecified atom stereocenters. The molecule has 2 N–H and O–H groups in total. The van der Waals surface area contributed by atoms with Crippen LogP contribution in [0.4, 0.5) is 0 Å². The highest BCUT2D eigenvalue weighted by Gasteiger charge is 2.28. The van der Waals surface area contributed by atoms with E-state index in [2.05, 4.69) is 35.2 Å². The van der Waals surface area contributed by atoms with E-state index < -0.39 is 0 Å². The minimum atomic E-state index is -0.196. The molecular formula is C16H18N2O. The lowest BCUT2D eigenvalue weighted by Crippen LogP contribution is -2.39. The molecule has 0 radical (unpaired) electrons. The largest absolute Gasteiger partial charge is 0.368 e. The summed E-state index contributed by atoms with van der Waals surface area (Å²) in [5.41, 5.74) is 6.69. The normalized spacial score (nSPS) is 19.9. The fourth-order valence-corrected chi connectivity index (χ4v) is 2.91.